The molecule has 0 unspecified atom stereocenters. The number of aliphatic hydroxyl groups is 1. The molecule has 6 aromatic rings. The Bertz CT molecular complexity index is 2390. The third-order valence-corrected chi connectivity index (χ3v) is 10.7. The summed E-state index contributed by atoms with van der Waals surface area (Å²) < 4.78 is 49.1. The van der Waals surface area contributed by atoms with Crippen molar-refractivity contribution in [3.05, 3.63) is 114 Å². The Morgan fingerprint density at radius 2 is 1.38 bits per heavy atom. The molecule has 311 valence electrons. The van der Waals surface area contributed by atoms with Crippen molar-refractivity contribution in [2.45, 2.75) is 113 Å². The summed E-state index contributed by atoms with van der Waals surface area (Å²) in [6, 6.07) is 26.3. The number of pyridine rings is 1. The van der Waals surface area contributed by atoms with Gasteiger partial charge in [-0.2, -0.15) is 13.2 Å². The first-order valence-corrected chi connectivity index (χ1v) is 20.2. The van der Waals surface area contributed by atoms with E-state index in [4.69, 9.17) is 4.42 Å². The van der Waals surface area contributed by atoms with Crippen LogP contribution in [0.1, 0.15) is 112 Å². The summed E-state index contributed by atoms with van der Waals surface area (Å²) in [5.41, 5.74) is 4.25. The summed E-state index contributed by atoms with van der Waals surface area (Å²) in [4.78, 5) is 16.0. The molecule has 2 heterocycles. The topological polar surface area (TPSA) is 63.3 Å². The van der Waals surface area contributed by atoms with Crippen LogP contribution in [0.2, 0.25) is 0 Å². The zero-order valence-corrected chi connectivity index (χ0v) is 37.8. The number of alkyl halides is 3. The van der Waals surface area contributed by atoms with Crippen LogP contribution >= 0.6 is 0 Å². The molecule has 2 aromatic heterocycles. The van der Waals surface area contributed by atoms with Crippen molar-refractivity contribution < 1.29 is 47.6 Å². The molecule has 0 amide bonds. The van der Waals surface area contributed by atoms with E-state index in [2.05, 4.69) is 64.7 Å². The number of furan rings is 1. The van der Waals surface area contributed by atoms with Gasteiger partial charge in [0.25, 0.3) is 0 Å². The fraction of sp³-hybridized carbons (Fsp3) is 0.400. The van der Waals surface area contributed by atoms with Crippen molar-refractivity contribution in [2.24, 2.45) is 17.3 Å². The molecule has 0 bridgehead atoms. The van der Waals surface area contributed by atoms with Gasteiger partial charge < -0.3 is 9.52 Å². The van der Waals surface area contributed by atoms with Crippen molar-refractivity contribution >= 4 is 38.5 Å². The van der Waals surface area contributed by atoms with Crippen LogP contribution in [0.15, 0.2) is 95.2 Å². The predicted octanol–water partition coefficient (Wildman–Crippen LogP) is 15.0. The molecule has 0 aliphatic carbocycles. The molecule has 6 rings (SSSR count). The Kier molecular flexibility index (Phi) is 15.0. The number of aliphatic hydroxyl groups excluding tert-OH is 1. The smallest absolute Gasteiger partial charge is 0.418 e. The van der Waals surface area contributed by atoms with Crippen LogP contribution in [0.5, 0.6) is 0 Å². The van der Waals surface area contributed by atoms with Crippen molar-refractivity contribution in [1.82, 2.24) is 4.98 Å². The van der Waals surface area contributed by atoms with Gasteiger partial charge in [0.05, 0.1) is 11.3 Å². The number of carbonyl (C=O) groups is 1. The zero-order chi connectivity index (χ0) is 41.9. The second-order valence-corrected chi connectivity index (χ2v) is 17.4. The van der Waals surface area contributed by atoms with E-state index in [1.807, 2.05) is 70.2 Å². The average molecular weight is 969 g/mol. The Labute approximate surface area is 355 Å². The number of benzene rings is 4. The van der Waals surface area contributed by atoms with E-state index in [1.165, 1.54) is 12.1 Å². The van der Waals surface area contributed by atoms with Crippen LogP contribution in [0, 0.1) is 23.3 Å². The van der Waals surface area contributed by atoms with Crippen molar-refractivity contribution in [2.75, 3.05) is 0 Å². The maximum absolute atomic E-state index is 14.3. The van der Waals surface area contributed by atoms with E-state index in [1.54, 1.807) is 12.1 Å². The van der Waals surface area contributed by atoms with Gasteiger partial charge in [0.1, 0.15) is 11.2 Å². The van der Waals surface area contributed by atoms with Gasteiger partial charge in [-0.3, -0.25) is 9.78 Å². The second-order valence-electron chi connectivity index (χ2n) is 17.4. The SMILES string of the molecule is CC(C)(C)Cc1ccc2c(c1)oc1cc(-c3cc(-c4[c-]c5ccccc5c(C(C)(C)C)c4)ncc3C(F)(F)F)ccc12.CCC(CC)C(=O)/C=C(\O)C(CC)CC.[Ir]. The standard InChI is InChI=1S/C37H33F3NO.C13H24O2.Ir/c1-35(2,3)20-22-11-13-27-28-14-12-24(18-34(28)42-33(27)15-22)29-19-32(41-21-31(29)37(38,39)40)25-16-23-9-7-8-10-26(23)30(17-25)36(4,5)6;1-5-10(6-2)12(14)9-13(15)11(7-3)8-4;/h7-15,17-19,21H,20H2,1-6H3;9-11,14H,5-8H2,1-4H3;/q-1;;/b;12-9-;. The summed E-state index contributed by atoms with van der Waals surface area (Å²) >= 11 is 0. The number of halogens is 3. The van der Waals surface area contributed by atoms with Crippen LogP contribution in [0.3, 0.4) is 0 Å². The molecule has 1 radical (unpaired) electrons. The summed E-state index contributed by atoms with van der Waals surface area (Å²) in [6.45, 7) is 21.0. The van der Waals surface area contributed by atoms with Crippen LogP contribution in [-0.4, -0.2) is 15.9 Å². The van der Waals surface area contributed by atoms with E-state index in [9.17, 15) is 23.1 Å². The van der Waals surface area contributed by atoms with E-state index in [0.29, 0.717) is 22.4 Å². The first-order valence-electron chi connectivity index (χ1n) is 20.2. The molecule has 0 saturated carbocycles. The monoisotopic (exact) mass is 969 g/mol. The molecular weight excluding hydrogens is 912 g/mol. The number of allylic oxidation sites excluding steroid dienone is 2. The summed E-state index contributed by atoms with van der Waals surface area (Å²) in [6.07, 6.45) is 2.16. The fourth-order valence-corrected chi connectivity index (χ4v) is 7.55. The molecule has 0 spiro atoms. The minimum absolute atomic E-state index is 0. The average Bonchev–Trinajstić information content (AvgIpc) is 3.51. The van der Waals surface area contributed by atoms with Gasteiger partial charge in [-0.15, -0.1) is 29.1 Å². The van der Waals surface area contributed by atoms with Crippen LogP contribution < -0.4 is 0 Å². The van der Waals surface area contributed by atoms with Crippen molar-refractivity contribution in [1.29, 1.82) is 0 Å². The molecule has 0 aliphatic rings. The fourth-order valence-electron chi connectivity index (χ4n) is 7.55. The number of nitrogens with zero attached hydrogens (tertiary/aromatic N) is 1. The minimum atomic E-state index is -4.57. The molecule has 0 atom stereocenters. The Morgan fingerprint density at radius 3 is 1.97 bits per heavy atom. The number of hydrogen-bond acceptors (Lipinski definition) is 4. The molecule has 0 fully saturated rings. The van der Waals surface area contributed by atoms with Crippen LogP contribution in [-0.2, 0) is 42.9 Å². The quantitative estimate of drug-likeness (QED) is 0.0844. The molecule has 0 saturated heterocycles. The van der Waals surface area contributed by atoms with Gasteiger partial charge in [0, 0.05) is 60.7 Å². The van der Waals surface area contributed by atoms with Crippen molar-refractivity contribution in [3.8, 4) is 22.4 Å². The van der Waals surface area contributed by atoms with E-state index < -0.39 is 11.7 Å². The third-order valence-electron chi connectivity index (χ3n) is 10.7. The third kappa shape index (κ3) is 10.9. The second kappa shape index (κ2) is 18.8. The zero-order valence-electron chi connectivity index (χ0n) is 35.5. The predicted molar refractivity (Wildman–Crippen MR) is 229 cm³/mol. The first-order chi connectivity index (χ1) is 26.8. The Balaban J connectivity index is 0.000000398. The number of ketones is 1. The summed E-state index contributed by atoms with van der Waals surface area (Å²) in [7, 11) is 0. The van der Waals surface area contributed by atoms with Gasteiger partial charge in [0.15, 0.2) is 5.78 Å². The molecule has 4 nitrogen and oxygen atoms in total. The normalized spacial score (nSPS) is 12.6. The van der Waals surface area contributed by atoms with Crippen molar-refractivity contribution in [3.63, 3.8) is 0 Å². The first kappa shape index (κ1) is 46.4. The molecule has 4 aromatic carbocycles. The van der Waals surface area contributed by atoms with Gasteiger partial charge in [-0.1, -0.05) is 123 Å². The number of hydrogen-bond donors (Lipinski definition) is 1. The maximum Gasteiger partial charge on any atom is 0.418 e. The van der Waals surface area contributed by atoms with Crippen LogP contribution in [0.4, 0.5) is 13.2 Å². The Morgan fingerprint density at radius 1 is 0.776 bits per heavy atom. The Hall–Kier alpha value is -4.26. The summed E-state index contributed by atoms with van der Waals surface area (Å²) in [5, 5.41) is 13.5. The number of aromatic nitrogens is 1. The van der Waals surface area contributed by atoms with Gasteiger partial charge in [-0.05, 0) is 77.8 Å². The van der Waals surface area contributed by atoms with E-state index in [-0.39, 0.29) is 59.9 Å². The van der Waals surface area contributed by atoms with E-state index >= 15 is 0 Å². The van der Waals surface area contributed by atoms with Gasteiger partial charge in [-0.25, -0.2) is 0 Å². The molecule has 8 heteroatoms. The van der Waals surface area contributed by atoms with Gasteiger partial charge in [0.2, 0.25) is 0 Å². The molecule has 0 aliphatic heterocycles. The maximum atomic E-state index is 14.3. The molecule has 58 heavy (non-hydrogen) atoms. The number of fused-ring (bicyclic) bond motifs is 4. The van der Waals surface area contributed by atoms with Crippen LogP contribution in [0.25, 0.3) is 55.1 Å². The number of rotatable bonds is 10. The molecular formula is C50H57F3IrNO3-. The van der Waals surface area contributed by atoms with Gasteiger partial charge >= 0.3 is 6.18 Å². The minimum Gasteiger partial charge on any atom is -0.512 e. The largest absolute Gasteiger partial charge is 0.512 e. The molecule has 1 N–H and O–H groups in total. The summed E-state index contributed by atoms with van der Waals surface area (Å²) in [5.74, 6) is 0.547. The van der Waals surface area contributed by atoms with E-state index in [0.717, 1.165) is 76.6 Å². The number of carbonyl (C=O) groups excluding carboxylic acids is 1.